The van der Waals surface area contributed by atoms with Crippen LogP contribution in [-0.4, -0.2) is 30.3 Å². The SMILES string of the molecule is CN(N)C(=O)COCc1ccc2c(c1)CCCS2. The van der Waals surface area contributed by atoms with Crippen LogP contribution in [-0.2, 0) is 22.6 Å². The summed E-state index contributed by atoms with van der Waals surface area (Å²) in [6, 6.07) is 6.39. The van der Waals surface area contributed by atoms with E-state index in [-0.39, 0.29) is 12.5 Å². The van der Waals surface area contributed by atoms with E-state index in [1.165, 1.54) is 29.7 Å². The summed E-state index contributed by atoms with van der Waals surface area (Å²) in [5.41, 5.74) is 2.51. The number of amides is 1. The molecule has 1 aromatic carbocycles. The smallest absolute Gasteiger partial charge is 0.262 e. The average molecular weight is 266 g/mol. The van der Waals surface area contributed by atoms with E-state index < -0.39 is 0 Å². The third-order valence-corrected chi connectivity index (χ3v) is 4.06. The predicted octanol–water partition coefficient (Wildman–Crippen LogP) is 1.57. The van der Waals surface area contributed by atoms with Gasteiger partial charge in [-0.25, -0.2) is 5.84 Å². The van der Waals surface area contributed by atoms with Crippen LogP contribution < -0.4 is 5.84 Å². The van der Waals surface area contributed by atoms with Crippen molar-refractivity contribution in [2.75, 3.05) is 19.4 Å². The number of fused-ring (bicyclic) bond motifs is 1. The Labute approximate surface area is 111 Å². The van der Waals surface area contributed by atoms with Crippen LogP contribution >= 0.6 is 11.8 Å². The topological polar surface area (TPSA) is 55.6 Å². The Hall–Kier alpha value is -1.04. The molecular formula is C13H18N2O2S. The highest BCUT2D eigenvalue weighted by Crippen LogP contribution is 2.30. The third-order valence-electron chi connectivity index (χ3n) is 2.86. The normalized spacial score (nSPS) is 14.1. The molecule has 2 rings (SSSR count). The number of nitrogens with zero attached hydrogens (tertiary/aromatic N) is 1. The maximum absolute atomic E-state index is 11.2. The highest BCUT2D eigenvalue weighted by atomic mass is 32.2. The first-order valence-corrected chi connectivity index (χ1v) is 6.99. The third kappa shape index (κ3) is 3.48. The molecule has 2 N–H and O–H groups in total. The summed E-state index contributed by atoms with van der Waals surface area (Å²) in [5, 5.41) is 1.05. The zero-order valence-electron chi connectivity index (χ0n) is 10.5. The van der Waals surface area contributed by atoms with Gasteiger partial charge in [-0.2, -0.15) is 0 Å². The van der Waals surface area contributed by atoms with Crippen molar-refractivity contribution in [2.45, 2.75) is 24.3 Å². The first-order valence-electron chi connectivity index (χ1n) is 6.00. The number of rotatable bonds is 4. The van der Waals surface area contributed by atoms with Crippen LogP contribution in [0.1, 0.15) is 17.5 Å². The van der Waals surface area contributed by atoms with Crippen molar-refractivity contribution < 1.29 is 9.53 Å². The minimum absolute atomic E-state index is 0.0266. The summed E-state index contributed by atoms with van der Waals surface area (Å²) in [6.45, 7) is 0.483. The second-order valence-electron chi connectivity index (χ2n) is 4.39. The fourth-order valence-corrected chi connectivity index (χ4v) is 2.88. The monoisotopic (exact) mass is 266 g/mol. The number of ether oxygens (including phenoxy) is 1. The lowest BCUT2D eigenvalue weighted by atomic mass is 10.1. The lowest BCUT2D eigenvalue weighted by molar-refractivity contribution is -0.135. The van der Waals surface area contributed by atoms with Gasteiger partial charge in [-0.05, 0) is 35.8 Å². The van der Waals surface area contributed by atoms with Crippen molar-refractivity contribution >= 4 is 17.7 Å². The summed E-state index contributed by atoms with van der Waals surface area (Å²) in [6.07, 6.45) is 2.37. The van der Waals surface area contributed by atoms with E-state index in [9.17, 15) is 4.79 Å². The van der Waals surface area contributed by atoms with Gasteiger partial charge in [-0.1, -0.05) is 12.1 Å². The van der Waals surface area contributed by atoms with Gasteiger partial charge >= 0.3 is 0 Å². The second kappa shape index (κ2) is 6.22. The number of benzene rings is 1. The van der Waals surface area contributed by atoms with E-state index in [4.69, 9.17) is 10.6 Å². The van der Waals surface area contributed by atoms with Crippen LogP contribution in [0, 0.1) is 0 Å². The molecule has 1 heterocycles. The van der Waals surface area contributed by atoms with Crippen molar-refractivity contribution in [3.8, 4) is 0 Å². The summed E-state index contributed by atoms with van der Waals surface area (Å²) in [4.78, 5) is 12.6. The number of aryl methyl sites for hydroxylation is 1. The van der Waals surface area contributed by atoms with Gasteiger partial charge in [-0.15, -0.1) is 11.8 Å². The molecule has 1 aromatic rings. The van der Waals surface area contributed by atoms with Gasteiger partial charge < -0.3 is 4.74 Å². The van der Waals surface area contributed by atoms with Crippen molar-refractivity contribution in [3.05, 3.63) is 29.3 Å². The molecule has 4 nitrogen and oxygen atoms in total. The molecule has 0 fully saturated rings. The quantitative estimate of drug-likeness (QED) is 0.510. The van der Waals surface area contributed by atoms with E-state index in [2.05, 4.69) is 18.2 Å². The van der Waals surface area contributed by atoms with Gasteiger partial charge in [0.1, 0.15) is 6.61 Å². The molecule has 0 saturated carbocycles. The average Bonchev–Trinajstić information content (AvgIpc) is 2.38. The molecule has 0 atom stereocenters. The second-order valence-corrected chi connectivity index (χ2v) is 5.53. The van der Waals surface area contributed by atoms with E-state index in [1.54, 1.807) is 0 Å². The molecule has 98 valence electrons. The summed E-state index contributed by atoms with van der Waals surface area (Å²) in [5.74, 6) is 6.30. The number of nitrogens with two attached hydrogens (primary N) is 1. The molecule has 0 radical (unpaired) electrons. The van der Waals surface area contributed by atoms with Crippen molar-refractivity contribution in [2.24, 2.45) is 5.84 Å². The van der Waals surface area contributed by atoms with Crippen molar-refractivity contribution in [1.29, 1.82) is 0 Å². The zero-order valence-corrected chi connectivity index (χ0v) is 11.3. The maximum Gasteiger partial charge on any atom is 0.262 e. The number of carbonyl (C=O) groups excluding carboxylic acids is 1. The van der Waals surface area contributed by atoms with E-state index >= 15 is 0 Å². The molecule has 0 spiro atoms. The molecule has 0 aliphatic carbocycles. The minimum atomic E-state index is -0.219. The molecule has 18 heavy (non-hydrogen) atoms. The van der Waals surface area contributed by atoms with E-state index in [1.807, 2.05) is 11.8 Å². The zero-order chi connectivity index (χ0) is 13.0. The molecule has 1 aliphatic rings. The van der Waals surface area contributed by atoms with Gasteiger partial charge in [0.25, 0.3) is 5.91 Å². The molecule has 1 amide bonds. The molecule has 0 aromatic heterocycles. The Bertz CT molecular complexity index is 435. The molecule has 5 heteroatoms. The van der Waals surface area contributed by atoms with Gasteiger partial charge in [-0.3, -0.25) is 9.80 Å². The summed E-state index contributed by atoms with van der Waals surface area (Å²) in [7, 11) is 1.52. The van der Waals surface area contributed by atoms with Crippen LogP contribution in [0.25, 0.3) is 0 Å². The number of hydrogen-bond acceptors (Lipinski definition) is 4. The summed E-state index contributed by atoms with van der Waals surface area (Å²) < 4.78 is 5.36. The molecule has 0 bridgehead atoms. The van der Waals surface area contributed by atoms with Gasteiger partial charge in [0.05, 0.1) is 6.61 Å². The Morgan fingerprint density at radius 1 is 1.56 bits per heavy atom. The number of carbonyl (C=O) groups is 1. The van der Waals surface area contributed by atoms with Crippen LogP contribution in [0.15, 0.2) is 23.1 Å². The molecular weight excluding hydrogens is 248 g/mol. The minimum Gasteiger partial charge on any atom is -0.367 e. The van der Waals surface area contributed by atoms with Gasteiger partial charge in [0.15, 0.2) is 0 Å². The van der Waals surface area contributed by atoms with Crippen molar-refractivity contribution in [3.63, 3.8) is 0 Å². The Morgan fingerprint density at radius 2 is 2.39 bits per heavy atom. The molecule has 1 aliphatic heterocycles. The van der Waals surface area contributed by atoms with Crippen LogP contribution in [0.5, 0.6) is 0 Å². The Balaban J connectivity index is 1.88. The number of thioether (sulfide) groups is 1. The number of hydrazine groups is 1. The van der Waals surface area contributed by atoms with E-state index in [0.29, 0.717) is 6.61 Å². The van der Waals surface area contributed by atoms with Crippen LogP contribution in [0.2, 0.25) is 0 Å². The summed E-state index contributed by atoms with van der Waals surface area (Å²) >= 11 is 1.91. The maximum atomic E-state index is 11.2. The molecule has 0 unspecified atom stereocenters. The predicted molar refractivity (Wildman–Crippen MR) is 72.1 cm³/mol. The number of likely N-dealkylation sites (N-methyl/N-ethyl adjacent to an activating group) is 1. The number of hydrogen-bond donors (Lipinski definition) is 1. The van der Waals surface area contributed by atoms with Crippen LogP contribution in [0.4, 0.5) is 0 Å². The first kappa shape index (κ1) is 13.4. The van der Waals surface area contributed by atoms with Gasteiger partial charge in [0.2, 0.25) is 0 Å². The lowest BCUT2D eigenvalue weighted by Gasteiger charge is -2.16. The first-order chi connectivity index (χ1) is 8.66. The highest BCUT2D eigenvalue weighted by Gasteiger charge is 2.10. The lowest BCUT2D eigenvalue weighted by Crippen LogP contribution is -2.35. The van der Waals surface area contributed by atoms with Crippen molar-refractivity contribution in [1.82, 2.24) is 5.01 Å². The standard InChI is InChI=1S/C13H18N2O2S/c1-15(14)13(16)9-17-8-10-4-5-12-11(7-10)3-2-6-18-12/h4-5,7H,2-3,6,8-9,14H2,1H3. The largest absolute Gasteiger partial charge is 0.367 e. The fourth-order valence-electron chi connectivity index (χ4n) is 1.86. The van der Waals surface area contributed by atoms with Crippen LogP contribution in [0.3, 0.4) is 0 Å². The molecule has 0 saturated heterocycles. The highest BCUT2D eigenvalue weighted by molar-refractivity contribution is 7.99. The Morgan fingerprint density at radius 3 is 3.17 bits per heavy atom. The van der Waals surface area contributed by atoms with Gasteiger partial charge in [0, 0.05) is 11.9 Å². The fraction of sp³-hybridized carbons (Fsp3) is 0.462. The van der Waals surface area contributed by atoms with E-state index in [0.717, 1.165) is 17.0 Å². The Kier molecular flexibility index (Phi) is 4.63.